The monoisotopic (exact) mass is 333 g/mol. The van der Waals surface area contributed by atoms with E-state index in [0.29, 0.717) is 41.4 Å². The minimum atomic E-state index is -0.375. The molecule has 1 amide bonds. The molecule has 130 valence electrons. The molecule has 2 rings (SSSR count). The first kappa shape index (κ1) is 17.8. The normalized spacial score (nSPS) is 10.7. The molecule has 2 aromatic heterocycles. The summed E-state index contributed by atoms with van der Waals surface area (Å²) in [5.41, 5.74) is 3.28. The summed E-state index contributed by atoms with van der Waals surface area (Å²) in [5, 5.41) is 6.72. The van der Waals surface area contributed by atoms with Gasteiger partial charge in [0, 0.05) is 17.8 Å². The van der Waals surface area contributed by atoms with Gasteiger partial charge in [0.15, 0.2) is 5.76 Å². The Morgan fingerprint density at radius 2 is 2.00 bits per heavy atom. The Kier molecular flexibility index (Phi) is 5.43. The molecule has 24 heavy (non-hydrogen) atoms. The smallest absolute Gasteiger partial charge is 0.339 e. The maximum absolute atomic E-state index is 12.4. The first-order valence-corrected chi connectivity index (χ1v) is 7.97. The highest BCUT2D eigenvalue weighted by molar-refractivity contribution is 5.93. The summed E-state index contributed by atoms with van der Waals surface area (Å²) >= 11 is 0. The Bertz CT molecular complexity index is 758. The SMILES string of the molecule is CCOC(=O)c1cc(C)n(CC(=O)Nc2c(C)noc2CC)c1C. The average Bonchev–Trinajstić information content (AvgIpc) is 3.02. The van der Waals surface area contributed by atoms with Crippen molar-refractivity contribution in [2.45, 2.75) is 47.6 Å². The van der Waals surface area contributed by atoms with Crippen molar-refractivity contribution >= 4 is 17.6 Å². The third-order valence-electron chi connectivity index (χ3n) is 3.89. The van der Waals surface area contributed by atoms with Crippen molar-refractivity contribution < 1.29 is 18.8 Å². The molecule has 0 aliphatic carbocycles. The van der Waals surface area contributed by atoms with Crippen LogP contribution in [0, 0.1) is 20.8 Å². The van der Waals surface area contributed by atoms with E-state index in [0.717, 1.165) is 5.69 Å². The predicted molar refractivity (Wildman–Crippen MR) is 89.1 cm³/mol. The fraction of sp³-hybridized carbons (Fsp3) is 0.471. The summed E-state index contributed by atoms with van der Waals surface area (Å²) in [6, 6.07) is 1.74. The van der Waals surface area contributed by atoms with Crippen molar-refractivity contribution in [2.24, 2.45) is 0 Å². The van der Waals surface area contributed by atoms with Gasteiger partial charge in [0.2, 0.25) is 5.91 Å². The number of hydrogen-bond donors (Lipinski definition) is 1. The average molecular weight is 333 g/mol. The third kappa shape index (κ3) is 3.50. The number of hydrogen-bond acceptors (Lipinski definition) is 5. The number of nitrogens with zero attached hydrogens (tertiary/aromatic N) is 2. The van der Waals surface area contributed by atoms with Gasteiger partial charge in [-0.2, -0.15) is 0 Å². The number of carbonyl (C=O) groups is 2. The van der Waals surface area contributed by atoms with Gasteiger partial charge in [-0.1, -0.05) is 12.1 Å². The van der Waals surface area contributed by atoms with E-state index in [1.165, 1.54) is 0 Å². The largest absolute Gasteiger partial charge is 0.462 e. The number of aromatic nitrogens is 2. The summed E-state index contributed by atoms with van der Waals surface area (Å²) in [7, 11) is 0. The van der Waals surface area contributed by atoms with E-state index in [2.05, 4.69) is 10.5 Å². The number of rotatable bonds is 6. The van der Waals surface area contributed by atoms with Crippen molar-refractivity contribution in [2.75, 3.05) is 11.9 Å². The zero-order chi connectivity index (χ0) is 17.9. The van der Waals surface area contributed by atoms with Gasteiger partial charge in [0.05, 0.1) is 12.2 Å². The number of aryl methyl sites for hydroxylation is 3. The zero-order valence-corrected chi connectivity index (χ0v) is 14.7. The fourth-order valence-corrected chi connectivity index (χ4v) is 2.60. The van der Waals surface area contributed by atoms with Gasteiger partial charge in [-0.25, -0.2) is 4.79 Å². The van der Waals surface area contributed by atoms with Gasteiger partial charge in [-0.15, -0.1) is 0 Å². The van der Waals surface area contributed by atoms with Gasteiger partial charge < -0.3 is 19.1 Å². The number of nitrogens with one attached hydrogen (secondary N) is 1. The third-order valence-corrected chi connectivity index (χ3v) is 3.89. The lowest BCUT2D eigenvalue weighted by molar-refractivity contribution is -0.116. The predicted octanol–water partition coefficient (Wildman–Crippen LogP) is 2.78. The topological polar surface area (TPSA) is 86.4 Å². The lowest BCUT2D eigenvalue weighted by Gasteiger charge is -2.10. The quantitative estimate of drug-likeness (QED) is 0.822. The minimum absolute atomic E-state index is 0.102. The van der Waals surface area contributed by atoms with E-state index >= 15 is 0 Å². The molecule has 0 saturated heterocycles. The Morgan fingerprint density at radius 3 is 2.62 bits per heavy atom. The van der Waals surface area contributed by atoms with Crippen LogP contribution in [0.15, 0.2) is 10.6 Å². The maximum Gasteiger partial charge on any atom is 0.339 e. The van der Waals surface area contributed by atoms with Crippen LogP contribution in [-0.2, 0) is 22.5 Å². The molecule has 0 atom stereocenters. The minimum Gasteiger partial charge on any atom is -0.462 e. The first-order chi connectivity index (χ1) is 11.4. The molecular formula is C17H23N3O4. The molecule has 0 spiro atoms. The number of carbonyl (C=O) groups excluding carboxylic acids is 2. The van der Waals surface area contributed by atoms with Crippen molar-refractivity contribution in [3.05, 3.63) is 34.5 Å². The fourth-order valence-electron chi connectivity index (χ4n) is 2.60. The van der Waals surface area contributed by atoms with E-state index in [-0.39, 0.29) is 18.4 Å². The summed E-state index contributed by atoms with van der Waals surface area (Å²) in [6.07, 6.45) is 0.644. The highest BCUT2D eigenvalue weighted by Gasteiger charge is 2.19. The van der Waals surface area contributed by atoms with Crippen LogP contribution >= 0.6 is 0 Å². The van der Waals surface area contributed by atoms with Crippen LogP contribution in [0.3, 0.4) is 0 Å². The van der Waals surface area contributed by atoms with Crippen LogP contribution in [0.4, 0.5) is 5.69 Å². The molecule has 0 aliphatic rings. The van der Waals surface area contributed by atoms with Gasteiger partial charge in [0.1, 0.15) is 17.9 Å². The Balaban J connectivity index is 2.17. The van der Waals surface area contributed by atoms with E-state index in [4.69, 9.17) is 9.26 Å². The molecule has 0 aromatic carbocycles. The molecule has 2 heterocycles. The summed E-state index contributed by atoms with van der Waals surface area (Å²) < 4.78 is 12.0. The van der Waals surface area contributed by atoms with Crippen LogP contribution in [0.2, 0.25) is 0 Å². The molecule has 7 nitrogen and oxygen atoms in total. The molecule has 7 heteroatoms. The van der Waals surface area contributed by atoms with E-state index in [1.807, 2.05) is 13.8 Å². The van der Waals surface area contributed by atoms with Crippen molar-refractivity contribution in [1.29, 1.82) is 0 Å². The highest BCUT2D eigenvalue weighted by Crippen LogP contribution is 2.21. The number of amides is 1. The van der Waals surface area contributed by atoms with Crippen molar-refractivity contribution in [1.82, 2.24) is 9.72 Å². The molecular weight excluding hydrogens is 310 g/mol. The molecule has 0 radical (unpaired) electrons. The second-order valence-electron chi connectivity index (χ2n) is 5.56. The Hall–Kier alpha value is -2.57. The van der Waals surface area contributed by atoms with Gasteiger partial charge in [-0.3, -0.25) is 4.79 Å². The van der Waals surface area contributed by atoms with Crippen LogP contribution in [0.1, 0.15) is 47.0 Å². The second-order valence-corrected chi connectivity index (χ2v) is 5.56. The number of ether oxygens (including phenoxy) is 1. The number of esters is 1. The van der Waals surface area contributed by atoms with Crippen LogP contribution in [0.25, 0.3) is 0 Å². The van der Waals surface area contributed by atoms with Crippen LogP contribution < -0.4 is 5.32 Å². The Labute approximate surface area is 141 Å². The lowest BCUT2D eigenvalue weighted by atomic mass is 10.2. The zero-order valence-electron chi connectivity index (χ0n) is 14.7. The van der Waals surface area contributed by atoms with Gasteiger partial charge in [-0.05, 0) is 33.8 Å². The molecule has 0 aliphatic heterocycles. The van der Waals surface area contributed by atoms with E-state index in [1.54, 1.807) is 31.4 Å². The maximum atomic E-state index is 12.4. The van der Waals surface area contributed by atoms with Crippen LogP contribution in [0.5, 0.6) is 0 Å². The summed E-state index contributed by atoms with van der Waals surface area (Å²) in [6.45, 7) is 9.54. The Morgan fingerprint density at radius 1 is 1.29 bits per heavy atom. The van der Waals surface area contributed by atoms with Gasteiger partial charge >= 0.3 is 5.97 Å². The second kappa shape index (κ2) is 7.33. The standard InChI is InChI=1S/C17H23N3O4/c1-6-14-16(11(4)19-24-14)18-15(21)9-20-10(3)8-13(12(20)5)17(22)23-7-2/h8H,6-7,9H2,1-5H3,(H,18,21). The molecule has 0 unspecified atom stereocenters. The number of anilines is 1. The van der Waals surface area contributed by atoms with E-state index in [9.17, 15) is 9.59 Å². The highest BCUT2D eigenvalue weighted by atomic mass is 16.5. The van der Waals surface area contributed by atoms with E-state index < -0.39 is 0 Å². The van der Waals surface area contributed by atoms with Crippen molar-refractivity contribution in [3.63, 3.8) is 0 Å². The van der Waals surface area contributed by atoms with Gasteiger partial charge in [0.25, 0.3) is 0 Å². The first-order valence-electron chi connectivity index (χ1n) is 7.97. The molecule has 1 N–H and O–H groups in total. The lowest BCUT2D eigenvalue weighted by Crippen LogP contribution is -2.21. The molecule has 2 aromatic rings. The summed E-state index contributed by atoms with van der Waals surface area (Å²) in [4.78, 5) is 24.3. The van der Waals surface area contributed by atoms with Crippen LogP contribution in [-0.4, -0.2) is 28.2 Å². The molecule has 0 saturated carbocycles. The summed E-state index contributed by atoms with van der Waals surface area (Å²) in [5.74, 6) is 0.0719. The van der Waals surface area contributed by atoms with Crippen molar-refractivity contribution in [3.8, 4) is 0 Å². The molecule has 0 fully saturated rings. The molecule has 0 bridgehead atoms.